The van der Waals surface area contributed by atoms with Crippen LogP contribution >= 0.6 is 0 Å². The molecule has 0 aromatic heterocycles. The first-order chi connectivity index (χ1) is 5.73. The van der Waals surface area contributed by atoms with Gasteiger partial charge < -0.3 is 5.11 Å². The van der Waals surface area contributed by atoms with Crippen molar-refractivity contribution in [1.82, 2.24) is 0 Å². The first kappa shape index (κ1) is 9.27. The molecule has 1 aromatic carbocycles. The largest absolute Gasteiger partial charge is 0.395 e. The van der Waals surface area contributed by atoms with E-state index in [-0.39, 0.29) is 12.0 Å². The Hall–Kier alpha value is -0.820. The van der Waals surface area contributed by atoms with E-state index in [1.54, 1.807) is 0 Å². The lowest BCUT2D eigenvalue weighted by molar-refractivity contribution is 0.201. The van der Waals surface area contributed by atoms with Crippen molar-refractivity contribution in [3.05, 3.63) is 35.9 Å². The summed E-state index contributed by atoms with van der Waals surface area (Å²) < 4.78 is 0. The molecule has 0 saturated heterocycles. The maximum atomic E-state index is 9.24. The van der Waals surface area contributed by atoms with Gasteiger partial charge in [-0.3, -0.25) is 0 Å². The molecule has 0 aliphatic heterocycles. The Balaban J connectivity index is 2.95. The molecule has 1 N–H and O–H groups in total. The van der Waals surface area contributed by atoms with Crippen LogP contribution in [0.3, 0.4) is 0 Å². The van der Waals surface area contributed by atoms with Crippen LogP contribution < -0.4 is 0 Å². The predicted molar refractivity (Wildman–Crippen MR) is 51.2 cm³/mol. The summed E-state index contributed by atoms with van der Waals surface area (Å²) in [7, 11) is 0. The van der Waals surface area contributed by atoms with Crippen LogP contribution in [0.4, 0.5) is 0 Å². The molecule has 0 amide bonds. The zero-order chi connectivity index (χ0) is 9.03. The highest BCUT2D eigenvalue weighted by molar-refractivity contribution is 5.24. The zero-order valence-corrected chi connectivity index (χ0v) is 7.75. The molecule has 1 nitrogen and oxygen atoms in total. The van der Waals surface area contributed by atoms with Crippen LogP contribution in [0.15, 0.2) is 30.3 Å². The minimum Gasteiger partial charge on any atom is -0.395 e. The fourth-order valence-electron chi connectivity index (χ4n) is 1.25. The molecule has 0 spiro atoms. The van der Waals surface area contributed by atoms with Gasteiger partial charge in [-0.25, -0.2) is 0 Å². The van der Waals surface area contributed by atoms with Crippen LogP contribution in [0.5, 0.6) is 0 Å². The highest BCUT2D eigenvalue weighted by Crippen LogP contribution is 2.25. The molecular formula is C11H16O. The normalized spacial score (nSPS) is 15.6. The lowest BCUT2D eigenvalue weighted by Crippen LogP contribution is -2.25. The van der Waals surface area contributed by atoms with Crippen molar-refractivity contribution in [2.24, 2.45) is 0 Å². The average Bonchev–Trinajstić information content (AvgIpc) is 2.18. The number of benzene rings is 1. The van der Waals surface area contributed by atoms with Gasteiger partial charge in [-0.05, 0) is 12.0 Å². The molecule has 12 heavy (non-hydrogen) atoms. The average molecular weight is 164 g/mol. The minimum atomic E-state index is -0.0682. The molecule has 0 aliphatic carbocycles. The van der Waals surface area contributed by atoms with Crippen molar-refractivity contribution in [2.75, 3.05) is 6.61 Å². The van der Waals surface area contributed by atoms with Gasteiger partial charge in [0, 0.05) is 5.41 Å². The molecule has 0 heterocycles. The van der Waals surface area contributed by atoms with E-state index in [1.807, 2.05) is 18.2 Å². The number of aliphatic hydroxyl groups is 1. The highest BCUT2D eigenvalue weighted by atomic mass is 16.3. The smallest absolute Gasteiger partial charge is 0.0525 e. The first-order valence-electron chi connectivity index (χ1n) is 4.39. The fraction of sp³-hybridized carbons (Fsp3) is 0.455. The van der Waals surface area contributed by atoms with Crippen molar-refractivity contribution >= 4 is 0 Å². The van der Waals surface area contributed by atoms with E-state index in [1.165, 1.54) is 5.56 Å². The van der Waals surface area contributed by atoms with Crippen molar-refractivity contribution in [1.29, 1.82) is 0 Å². The molecule has 1 rings (SSSR count). The maximum Gasteiger partial charge on any atom is 0.0525 e. The SMILES string of the molecule is CC[C@](C)(CO)c1ccccc1. The summed E-state index contributed by atoms with van der Waals surface area (Å²) in [6.07, 6.45) is 0.966. The number of rotatable bonds is 3. The maximum absolute atomic E-state index is 9.24. The Morgan fingerprint density at radius 1 is 1.25 bits per heavy atom. The zero-order valence-electron chi connectivity index (χ0n) is 7.75. The fourth-order valence-corrected chi connectivity index (χ4v) is 1.25. The number of aliphatic hydroxyl groups excluding tert-OH is 1. The number of hydrogen-bond acceptors (Lipinski definition) is 1. The Morgan fingerprint density at radius 3 is 2.25 bits per heavy atom. The quantitative estimate of drug-likeness (QED) is 0.727. The minimum absolute atomic E-state index is 0.0682. The van der Waals surface area contributed by atoms with Crippen LogP contribution in [-0.2, 0) is 5.41 Å². The molecule has 0 radical (unpaired) electrons. The lowest BCUT2D eigenvalue weighted by Gasteiger charge is -2.25. The summed E-state index contributed by atoms with van der Waals surface area (Å²) in [4.78, 5) is 0. The third-order valence-corrected chi connectivity index (χ3v) is 2.60. The summed E-state index contributed by atoms with van der Waals surface area (Å²) in [6.45, 7) is 4.40. The van der Waals surface area contributed by atoms with Gasteiger partial charge >= 0.3 is 0 Å². The third kappa shape index (κ3) is 1.67. The summed E-state index contributed by atoms with van der Waals surface area (Å²) in [6, 6.07) is 10.2. The van der Waals surface area contributed by atoms with Crippen LogP contribution in [0.25, 0.3) is 0 Å². The summed E-state index contributed by atoms with van der Waals surface area (Å²) >= 11 is 0. The second kappa shape index (κ2) is 3.72. The Bertz CT molecular complexity index is 224. The van der Waals surface area contributed by atoms with Crippen molar-refractivity contribution < 1.29 is 5.11 Å². The lowest BCUT2D eigenvalue weighted by atomic mass is 9.81. The van der Waals surface area contributed by atoms with Gasteiger partial charge in [-0.1, -0.05) is 44.2 Å². The second-order valence-electron chi connectivity index (χ2n) is 3.44. The molecule has 0 saturated carbocycles. The van der Waals surface area contributed by atoms with Crippen LogP contribution in [0.2, 0.25) is 0 Å². The predicted octanol–water partition coefficient (Wildman–Crippen LogP) is 2.35. The molecule has 0 fully saturated rings. The van der Waals surface area contributed by atoms with Gasteiger partial charge in [0.1, 0.15) is 0 Å². The van der Waals surface area contributed by atoms with Gasteiger partial charge in [-0.2, -0.15) is 0 Å². The molecule has 66 valence electrons. The van der Waals surface area contributed by atoms with Crippen LogP contribution in [0.1, 0.15) is 25.8 Å². The molecule has 0 bridgehead atoms. The second-order valence-corrected chi connectivity index (χ2v) is 3.44. The van der Waals surface area contributed by atoms with Crippen molar-refractivity contribution in [3.8, 4) is 0 Å². The standard InChI is InChI=1S/C11H16O/c1-3-11(2,9-12)10-7-5-4-6-8-10/h4-8,12H,3,9H2,1-2H3/t11-/m1/s1. The Morgan fingerprint density at radius 2 is 1.83 bits per heavy atom. The van der Waals surface area contributed by atoms with Crippen molar-refractivity contribution in [3.63, 3.8) is 0 Å². The van der Waals surface area contributed by atoms with Gasteiger partial charge in [0.15, 0.2) is 0 Å². The van der Waals surface area contributed by atoms with E-state index < -0.39 is 0 Å². The van der Waals surface area contributed by atoms with Gasteiger partial charge in [0.25, 0.3) is 0 Å². The van der Waals surface area contributed by atoms with E-state index in [9.17, 15) is 5.11 Å². The first-order valence-corrected chi connectivity index (χ1v) is 4.39. The third-order valence-electron chi connectivity index (χ3n) is 2.60. The molecule has 1 atom stereocenters. The highest BCUT2D eigenvalue weighted by Gasteiger charge is 2.22. The van der Waals surface area contributed by atoms with E-state index in [0.717, 1.165) is 6.42 Å². The monoisotopic (exact) mass is 164 g/mol. The molecule has 0 unspecified atom stereocenters. The molecule has 1 heteroatoms. The Labute approximate surface area is 74.1 Å². The molecule has 1 aromatic rings. The topological polar surface area (TPSA) is 20.2 Å². The number of hydrogen-bond donors (Lipinski definition) is 1. The summed E-state index contributed by atoms with van der Waals surface area (Å²) in [5.41, 5.74) is 1.15. The van der Waals surface area contributed by atoms with E-state index in [0.29, 0.717) is 0 Å². The molecule has 0 aliphatic rings. The van der Waals surface area contributed by atoms with Gasteiger partial charge in [0.2, 0.25) is 0 Å². The van der Waals surface area contributed by atoms with Crippen LogP contribution in [0, 0.1) is 0 Å². The summed E-state index contributed by atoms with van der Waals surface area (Å²) in [5.74, 6) is 0. The molecular weight excluding hydrogens is 148 g/mol. The van der Waals surface area contributed by atoms with Crippen LogP contribution in [-0.4, -0.2) is 11.7 Å². The Kier molecular flexibility index (Phi) is 2.88. The van der Waals surface area contributed by atoms with Gasteiger partial charge in [0.05, 0.1) is 6.61 Å². The van der Waals surface area contributed by atoms with E-state index in [4.69, 9.17) is 0 Å². The summed E-state index contributed by atoms with van der Waals surface area (Å²) in [5, 5.41) is 9.24. The van der Waals surface area contributed by atoms with E-state index >= 15 is 0 Å². The van der Waals surface area contributed by atoms with Crippen molar-refractivity contribution in [2.45, 2.75) is 25.7 Å². The van der Waals surface area contributed by atoms with Gasteiger partial charge in [-0.15, -0.1) is 0 Å². The van der Waals surface area contributed by atoms with E-state index in [2.05, 4.69) is 26.0 Å².